The number of nitrogen functional groups attached to an aromatic ring is 1. The van der Waals surface area contributed by atoms with Crippen molar-refractivity contribution in [3.63, 3.8) is 0 Å². The molecule has 27 heavy (non-hydrogen) atoms. The van der Waals surface area contributed by atoms with Gasteiger partial charge in [0.2, 0.25) is 11.7 Å². The molecule has 0 saturated heterocycles. The van der Waals surface area contributed by atoms with Crippen molar-refractivity contribution < 1.29 is 28.2 Å². The molecule has 0 spiro atoms. The number of ether oxygens (including phenoxy) is 2. The van der Waals surface area contributed by atoms with E-state index in [1.165, 1.54) is 38.3 Å². The first-order chi connectivity index (χ1) is 12.7. The second-order valence-electron chi connectivity index (χ2n) is 5.45. The fourth-order valence-corrected chi connectivity index (χ4v) is 2.37. The van der Waals surface area contributed by atoms with Crippen molar-refractivity contribution in [3.05, 3.63) is 52.3 Å². The third kappa shape index (κ3) is 4.95. The molecule has 0 saturated carbocycles. The van der Waals surface area contributed by atoms with Crippen LogP contribution in [0.2, 0.25) is 5.02 Å². The van der Waals surface area contributed by atoms with Crippen LogP contribution < -0.4 is 15.8 Å². The Morgan fingerprint density at radius 2 is 1.89 bits per heavy atom. The second kappa shape index (κ2) is 8.50. The van der Waals surface area contributed by atoms with Gasteiger partial charge in [0.25, 0.3) is 0 Å². The van der Waals surface area contributed by atoms with Gasteiger partial charge in [0.05, 0.1) is 23.4 Å². The van der Waals surface area contributed by atoms with E-state index in [1.807, 2.05) is 0 Å². The van der Waals surface area contributed by atoms with Gasteiger partial charge in [-0.25, -0.2) is 9.18 Å². The third-order valence-corrected chi connectivity index (χ3v) is 3.79. The van der Waals surface area contributed by atoms with Crippen LogP contribution in [-0.4, -0.2) is 31.4 Å². The van der Waals surface area contributed by atoms with Crippen LogP contribution in [0.15, 0.2) is 30.3 Å². The number of ketones is 1. The van der Waals surface area contributed by atoms with Gasteiger partial charge in [0, 0.05) is 18.7 Å². The maximum atomic E-state index is 14.1. The van der Waals surface area contributed by atoms with Crippen LogP contribution in [0.5, 0.6) is 5.75 Å². The van der Waals surface area contributed by atoms with E-state index in [1.54, 1.807) is 0 Å². The minimum Gasteiger partial charge on any atom is -0.496 e. The first kappa shape index (κ1) is 20.2. The molecule has 0 unspecified atom stereocenters. The fourth-order valence-electron chi connectivity index (χ4n) is 2.21. The Balaban J connectivity index is 2.10. The predicted molar refractivity (Wildman–Crippen MR) is 97.7 cm³/mol. The first-order valence-corrected chi connectivity index (χ1v) is 8.01. The molecule has 2 aromatic carbocycles. The van der Waals surface area contributed by atoms with E-state index < -0.39 is 24.2 Å². The number of benzene rings is 2. The molecule has 3 N–H and O–H groups in total. The van der Waals surface area contributed by atoms with E-state index in [-0.39, 0.29) is 39.2 Å². The second-order valence-corrected chi connectivity index (χ2v) is 5.86. The lowest BCUT2D eigenvalue weighted by Crippen LogP contribution is -2.16. The Hall–Kier alpha value is -3.13. The van der Waals surface area contributed by atoms with E-state index in [2.05, 4.69) is 5.32 Å². The Bertz CT molecular complexity index is 917. The number of nitrogens with two attached hydrogens (primary N) is 1. The topological polar surface area (TPSA) is 108 Å². The SMILES string of the molecule is COc1cc(N)c(Cl)cc1C(=O)OCC(=O)c1ccc(NC(C)=O)cc1F. The lowest BCUT2D eigenvalue weighted by Gasteiger charge is -2.11. The summed E-state index contributed by atoms with van der Waals surface area (Å²) in [6.45, 7) is 0.578. The zero-order valence-corrected chi connectivity index (χ0v) is 15.2. The molecule has 0 fully saturated rings. The zero-order valence-electron chi connectivity index (χ0n) is 14.5. The highest BCUT2D eigenvalue weighted by Gasteiger charge is 2.19. The van der Waals surface area contributed by atoms with Crippen molar-refractivity contribution in [2.45, 2.75) is 6.92 Å². The molecule has 2 rings (SSSR count). The zero-order chi connectivity index (χ0) is 20.1. The molecule has 2 aromatic rings. The number of anilines is 2. The summed E-state index contributed by atoms with van der Waals surface area (Å²) < 4.78 is 24.0. The lowest BCUT2D eigenvalue weighted by molar-refractivity contribution is -0.114. The van der Waals surface area contributed by atoms with Crippen LogP contribution in [0.1, 0.15) is 27.6 Å². The van der Waals surface area contributed by atoms with Crippen molar-refractivity contribution in [2.75, 3.05) is 24.8 Å². The van der Waals surface area contributed by atoms with Gasteiger partial charge in [-0.1, -0.05) is 11.6 Å². The number of Topliss-reactive ketones (excluding diaryl/α,β-unsaturated/α-hetero) is 1. The summed E-state index contributed by atoms with van der Waals surface area (Å²) in [6.07, 6.45) is 0. The molecular weight excluding hydrogens is 379 g/mol. The summed E-state index contributed by atoms with van der Waals surface area (Å²) in [4.78, 5) is 35.3. The molecule has 0 atom stereocenters. The Kier molecular flexibility index (Phi) is 6.36. The Labute approximate surface area is 159 Å². The van der Waals surface area contributed by atoms with Crippen LogP contribution in [-0.2, 0) is 9.53 Å². The number of methoxy groups -OCH3 is 1. The normalized spacial score (nSPS) is 10.2. The molecule has 142 valence electrons. The van der Waals surface area contributed by atoms with Crippen LogP contribution in [0.25, 0.3) is 0 Å². The summed E-state index contributed by atoms with van der Waals surface area (Å²) in [7, 11) is 1.33. The number of halogens is 2. The molecule has 1 amide bonds. The highest BCUT2D eigenvalue weighted by atomic mass is 35.5. The highest BCUT2D eigenvalue weighted by Crippen LogP contribution is 2.29. The Morgan fingerprint density at radius 3 is 2.48 bits per heavy atom. The van der Waals surface area contributed by atoms with Gasteiger partial charge in [0.15, 0.2) is 6.61 Å². The summed E-state index contributed by atoms with van der Waals surface area (Å²) in [5, 5.41) is 2.51. The van der Waals surface area contributed by atoms with Gasteiger partial charge in [0.1, 0.15) is 17.1 Å². The fraction of sp³-hybridized carbons (Fsp3) is 0.167. The van der Waals surface area contributed by atoms with Crippen molar-refractivity contribution in [1.29, 1.82) is 0 Å². The van der Waals surface area contributed by atoms with E-state index in [0.717, 1.165) is 6.07 Å². The number of nitrogens with one attached hydrogen (secondary N) is 1. The molecule has 0 aliphatic rings. The minimum absolute atomic E-state index is 0.0222. The number of hydrogen-bond donors (Lipinski definition) is 2. The van der Waals surface area contributed by atoms with Crippen LogP contribution >= 0.6 is 11.6 Å². The molecule has 0 bridgehead atoms. The largest absolute Gasteiger partial charge is 0.496 e. The van der Waals surface area contributed by atoms with E-state index in [4.69, 9.17) is 26.8 Å². The summed E-state index contributed by atoms with van der Waals surface area (Å²) >= 11 is 5.88. The minimum atomic E-state index is -0.877. The molecule has 7 nitrogen and oxygen atoms in total. The smallest absolute Gasteiger partial charge is 0.342 e. The predicted octanol–water partition coefficient (Wildman–Crippen LogP) is 3.07. The lowest BCUT2D eigenvalue weighted by atomic mass is 10.1. The average Bonchev–Trinajstić information content (AvgIpc) is 2.60. The molecular formula is C18H16ClFN2O5. The van der Waals surface area contributed by atoms with Gasteiger partial charge in [-0.3, -0.25) is 9.59 Å². The Morgan fingerprint density at radius 1 is 1.19 bits per heavy atom. The molecule has 0 heterocycles. The number of amides is 1. The van der Waals surface area contributed by atoms with Crippen molar-refractivity contribution in [1.82, 2.24) is 0 Å². The molecule has 9 heteroatoms. The summed E-state index contributed by atoms with van der Waals surface area (Å²) in [6, 6.07) is 6.16. The third-order valence-electron chi connectivity index (χ3n) is 3.46. The number of carbonyl (C=O) groups is 3. The summed E-state index contributed by atoms with van der Waals surface area (Å²) in [5.74, 6) is -2.73. The van der Waals surface area contributed by atoms with Crippen LogP contribution in [0.3, 0.4) is 0 Å². The number of carbonyl (C=O) groups excluding carboxylic acids is 3. The standard InChI is InChI=1S/C18H16ClFN2O5/c1-9(23)22-10-3-4-11(14(20)5-10)16(24)8-27-18(25)12-6-13(19)15(21)7-17(12)26-2/h3-7H,8,21H2,1-2H3,(H,22,23). The summed E-state index contributed by atoms with van der Waals surface area (Å²) in [5.41, 5.74) is 5.75. The van der Waals surface area contributed by atoms with E-state index in [0.29, 0.717) is 0 Å². The number of rotatable bonds is 6. The molecule has 0 aliphatic heterocycles. The maximum absolute atomic E-state index is 14.1. The van der Waals surface area contributed by atoms with E-state index in [9.17, 15) is 18.8 Å². The quantitative estimate of drug-likeness (QED) is 0.443. The van der Waals surface area contributed by atoms with Gasteiger partial charge < -0.3 is 20.5 Å². The van der Waals surface area contributed by atoms with Crippen molar-refractivity contribution in [3.8, 4) is 5.75 Å². The average molecular weight is 395 g/mol. The first-order valence-electron chi connectivity index (χ1n) is 7.63. The molecule has 0 aliphatic carbocycles. The maximum Gasteiger partial charge on any atom is 0.342 e. The van der Waals surface area contributed by atoms with Crippen molar-refractivity contribution >= 4 is 40.6 Å². The highest BCUT2D eigenvalue weighted by molar-refractivity contribution is 6.33. The number of esters is 1. The van der Waals surface area contributed by atoms with Gasteiger partial charge >= 0.3 is 5.97 Å². The van der Waals surface area contributed by atoms with Gasteiger partial charge in [-0.05, 0) is 24.3 Å². The van der Waals surface area contributed by atoms with Gasteiger partial charge in [-0.2, -0.15) is 0 Å². The van der Waals surface area contributed by atoms with Gasteiger partial charge in [-0.15, -0.1) is 0 Å². The van der Waals surface area contributed by atoms with Crippen LogP contribution in [0.4, 0.5) is 15.8 Å². The number of hydrogen-bond acceptors (Lipinski definition) is 6. The van der Waals surface area contributed by atoms with E-state index >= 15 is 0 Å². The van der Waals surface area contributed by atoms with Crippen LogP contribution in [0, 0.1) is 5.82 Å². The molecule has 0 radical (unpaired) electrons. The molecule has 0 aromatic heterocycles. The van der Waals surface area contributed by atoms with Crippen molar-refractivity contribution in [2.24, 2.45) is 0 Å². The monoisotopic (exact) mass is 394 g/mol.